The van der Waals surface area contributed by atoms with E-state index in [2.05, 4.69) is 287 Å². The molecular weight excluding hydrogens is 1780 g/mol. The average molecular weight is 1860 g/mol. The Morgan fingerprint density at radius 3 is 0.931 bits per heavy atom. The highest BCUT2D eigenvalue weighted by molar-refractivity contribution is 7.27. The lowest BCUT2D eigenvalue weighted by molar-refractivity contribution is 0.672. The molecule has 144 heavy (non-hydrogen) atoms. The molecule has 0 aliphatic carbocycles. The second-order valence-electron chi connectivity index (χ2n) is 35.7. The fourth-order valence-electron chi connectivity index (χ4n) is 20.5. The van der Waals surface area contributed by atoms with Crippen molar-refractivity contribution in [2.45, 2.75) is 0 Å². The summed E-state index contributed by atoms with van der Waals surface area (Å²) in [4.78, 5) is 44.6. The first-order valence-corrected chi connectivity index (χ1v) is 48.9. The van der Waals surface area contributed by atoms with Gasteiger partial charge in [-0.3, -0.25) is 0 Å². The minimum absolute atomic E-state index is 0.574. The van der Waals surface area contributed by atoms with E-state index in [4.69, 9.17) is 53.7 Å². The molecule has 0 spiro atoms. The molecule has 0 saturated carbocycles. The lowest BCUT2D eigenvalue weighted by atomic mass is 9.98. The number of fused-ring (bicyclic) bond motifs is 20. The number of rotatable bonds is 14. The van der Waals surface area contributed by atoms with Gasteiger partial charge in [0.1, 0.15) is 22.3 Å². The minimum Gasteiger partial charge on any atom is -0.455 e. The molecule has 15 heteroatoms. The molecule has 674 valence electrons. The number of para-hydroxylation sites is 7. The second-order valence-corrected chi connectivity index (χ2v) is 36.7. The lowest BCUT2D eigenvalue weighted by Crippen LogP contribution is -2.00. The van der Waals surface area contributed by atoms with Crippen LogP contribution in [0.4, 0.5) is 0 Å². The highest BCUT2D eigenvalue weighted by Gasteiger charge is 2.27. The Kier molecular flexibility index (Phi) is 20.7. The highest BCUT2D eigenvalue weighted by Crippen LogP contribution is 2.49. The molecule has 0 unspecified atom stereocenters. The maximum Gasteiger partial charge on any atom is 0.167 e. The van der Waals surface area contributed by atoms with E-state index in [9.17, 15) is 0 Å². The summed E-state index contributed by atoms with van der Waals surface area (Å²) in [7, 11) is 0. The summed E-state index contributed by atoms with van der Waals surface area (Å²) in [6, 6.07) is 168. The van der Waals surface area contributed by atoms with Crippen molar-refractivity contribution in [1.29, 1.82) is 0 Å². The fourth-order valence-corrected chi connectivity index (χ4v) is 21.9. The van der Waals surface area contributed by atoms with Gasteiger partial charge < -0.3 is 22.5 Å². The number of hydrogen-bond donors (Lipinski definition) is 0. The summed E-state index contributed by atoms with van der Waals surface area (Å²) in [5, 5.41) is 13.8. The Hall–Kier alpha value is -19.4. The molecule has 29 aromatic rings. The molecule has 0 aliphatic heterocycles. The van der Waals surface area contributed by atoms with Crippen molar-refractivity contribution < 1.29 is 8.83 Å². The van der Waals surface area contributed by atoms with Crippen LogP contribution in [0.25, 0.3) is 271 Å². The summed E-state index contributed by atoms with van der Waals surface area (Å²) in [5.74, 6) is 5.68. The van der Waals surface area contributed by atoms with E-state index >= 15 is 0 Å². The van der Waals surface area contributed by atoms with E-state index in [0.29, 0.717) is 52.4 Å². The predicted molar refractivity (Wildman–Crippen MR) is 590 cm³/mol. The Morgan fingerprint density at radius 1 is 0.160 bits per heavy atom. The molecule has 14 nitrogen and oxygen atoms in total. The summed E-state index contributed by atoms with van der Waals surface area (Å²) in [6.45, 7) is 0. The zero-order chi connectivity index (χ0) is 95.1. The van der Waals surface area contributed by atoms with Crippen LogP contribution in [0.3, 0.4) is 0 Å². The molecule has 9 aromatic heterocycles. The van der Waals surface area contributed by atoms with Gasteiger partial charge in [0.25, 0.3) is 0 Å². The van der Waals surface area contributed by atoms with Crippen LogP contribution in [0.2, 0.25) is 0 Å². The SMILES string of the molecule is c1ccc(-c2nc(-c3ccccc3)nc(-c3ccc4c5c6oc7ccccc7c6ccc5n(-c5ccccc5)c4c3)n2)cc1.c1ccc(-c2nc(-c3ccccc3)nc(-c3cccc(-c4cccc5c4sc4c(-c6ccc7c(c6)c6ccccc6n7-c6ccccc6)cccc45)c3)n2)cc1.c1ccc(-c2nc(-c3ccccc3)nc(-c3cccc4c3oc3c4ccc4c3c3ccccc3n4-c3ccccc3)n2)cc1. The number of benzene rings is 20. The van der Waals surface area contributed by atoms with Crippen LogP contribution >= 0.6 is 11.3 Å². The zero-order valence-electron chi connectivity index (χ0n) is 77.3. The van der Waals surface area contributed by atoms with E-state index in [-0.39, 0.29) is 0 Å². The van der Waals surface area contributed by atoms with E-state index in [0.717, 1.165) is 154 Å². The zero-order valence-corrected chi connectivity index (χ0v) is 78.1. The normalized spacial score (nSPS) is 11.6. The molecule has 0 saturated heterocycles. The van der Waals surface area contributed by atoms with Crippen LogP contribution in [-0.2, 0) is 0 Å². The number of aromatic nitrogens is 12. The first-order valence-electron chi connectivity index (χ1n) is 48.0. The third kappa shape index (κ3) is 14.8. The maximum absolute atomic E-state index is 6.89. The van der Waals surface area contributed by atoms with Gasteiger partial charge in [-0.2, -0.15) is 0 Å². The number of nitrogens with zero attached hydrogens (tertiary/aromatic N) is 12. The van der Waals surface area contributed by atoms with Crippen LogP contribution in [0.5, 0.6) is 0 Å². The van der Waals surface area contributed by atoms with Crippen molar-refractivity contribution in [3.8, 4) is 142 Å². The highest BCUT2D eigenvalue weighted by atomic mass is 32.1. The van der Waals surface area contributed by atoms with Gasteiger partial charge in [-0.25, -0.2) is 44.9 Å². The van der Waals surface area contributed by atoms with Gasteiger partial charge in [-0.15, -0.1) is 11.3 Å². The smallest absolute Gasteiger partial charge is 0.167 e. The number of thiophene rings is 1. The molecular formula is C129H80N12O2S. The Morgan fingerprint density at radius 2 is 0.451 bits per heavy atom. The van der Waals surface area contributed by atoms with E-state index < -0.39 is 0 Å². The molecule has 29 rings (SSSR count). The summed E-state index contributed by atoms with van der Waals surface area (Å²) >= 11 is 1.87. The monoisotopic (exact) mass is 1860 g/mol. The van der Waals surface area contributed by atoms with Crippen molar-refractivity contribution in [2.75, 3.05) is 0 Å². The van der Waals surface area contributed by atoms with Crippen molar-refractivity contribution in [2.24, 2.45) is 0 Å². The Labute approximate surface area is 829 Å². The van der Waals surface area contributed by atoms with Gasteiger partial charge in [-0.1, -0.05) is 376 Å². The van der Waals surface area contributed by atoms with Crippen LogP contribution in [0.15, 0.2) is 494 Å². The Bertz CT molecular complexity index is 9840. The van der Waals surface area contributed by atoms with Crippen LogP contribution < -0.4 is 0 Å². The van der Waals surface area contributed by atoms with Gasteiger partial charge >= 0.3 is 0 Å². The molecule has 9 heterocycles. The molecule has 0 atom stereocenters. The standard InChI is InChI=1S/C51H32N4S.2C39H24N4O/c1-4-15-33(16-5-1)49-52-50(34-17-6-2-7-18-34)54-51(53-49)37-20-12-19-35(31-37)39-24-13-26-42-43-27-14-25-40(48(43)56-47(39)42)36-29-30-46-44(32-36)41-23-10-11-28-45(41)55(46)38-21-8-3-9-22-38;1-4-13-25(14-5-1)37-40-38(26-15-6-2-7-16-26)42-39(41-37)31-21-12-20-28-29-23-24-33-34(36(29)44-35(28)31)30-19-10-11-22-32(30)43(33)27-17-8-3-9-18-27;1-4-12-25(13-5-1)37-40-38(26-14-6-2-7-15-26)42-39(41-37)27-20-21-31-33(24-27)43(28-16-8-3-9-17-28)32-23-22-30-29-18-10-11-19-34(29)44-36(30)35(31)32/h1-32H;2*1-24H. The fraction of sp³-hybridized carbons (Fsp3) is 0. The van der Waals surface area contributed by atoms with Gasteiger partial charge in [-0.05, 0) is 131 Å². The van der Waals surface area contributed by atoms with Crippen LogP contribution in [0, 0.1) is 0 Å². The third-order valence-electron chi connectivity index (χ3n) is 27.2. The topological polar surface area (TPSA) is 157 Å². The van der Waals surface area contributed by atoms with Gasteiger partial charge in [0.05, 0.1) is 49.4 Å². The van der Waals surface area contributed by atoms with Crippen molar-refractivity contribution >= 4 is 141 Å². The van der Waals surface area contributed by atoms with Crippen molar-refractivity contribution in [3.05, 3.63) is 485 Å². The van der Waals surface area contributed by atoms with Crippen molar-refractivity contribution in [3.63, 3.8) is 0 Å². The lowest BCUT2D eigenvalue weighted by Gasteiger charge is -2.10. The Balaban J connectivity index is 0.000000109. The summed E-state index contributed by atoms with van der Waals surface area (Å²) in [6.07, 6.45) is 0. The van der Waals surface area contributed by atoms with Gasteiger partial charge in [0, 0.05) is 125 Å². The average Bonchev–Trinajstić information content (AvgIpc) is 1.56. The molecule has 0 fully saturated rings. The second kappa shape index (κ2) is 35.6. The maximum atomic E-state index is 6.89. The molecule has 0 aliphatic rings. The first-order chi connectivity index (χ1) is 71.4. The molecule has 0 amide bonds. The minimum atomic E-state index is 0.574. The quantitative estimate of drug-likeness (QED) is 0.102. The van der Waals surface area contributed by atoms with E-state index in [1.807, 2.05) is 224 Å². The molecule has 20 aromatic carbocycles. The van der Waals surface area contributed by atoms with Crippen molar-refractivity contribution in [1.82, 2.24) is 58.6 Å². The van der Waals surface area contributed by atoms with Gasteiger partial charge in [0.15, 0.2) is 52.4 Å². The number of hydrogen-bond acceptors (Lipinski definition) is 12. The molecule has 0 N–H and O–H groups in total. The number of furan rings is 2. The van der Waals surface area contributed by atoms with E-state index in [1.54, 1.807) is 0 Å². The first kappa shape index (κ1) is 84.0. The largest absolute Gasteiger partial charge is 0.455 e. The molecule has 0 radical (unpaired) electrons. The third-order valence-corrected chi connectivity index (χ3v) is 28.4. The predicted octanol–water partition coefficient (Wildman–Crippen LogP) is 33.4. The van der Waals surface area contributed by atoms with Crippen LogP contribution in [0.1, 0.15) is 0 Å². The van der Waals surface area contributed by atoms with E-state index in [1.165, 1.54) is 64.4 Å². The van der Waals surface area contributed by atoms with Gasteiger partial charge in [0.2, 0.25) is 0 Å². The summed E-state index contributed by atoms with van der Waals surface area (Å²) < 4.78 is 22.9. The molecule has 0 bridgehead atoms. The summed E-state index contributed by atoms with van der Waals surface area (Å²) in [5.41, 5.74) is 26.7. The van der Waals surface area contributed by atoms with Crippen LogP contribution in [-0.4, -0.2) is 58.6 Å².